The van der Waals surface area contributed by atoms with Crippen LogP contribution in [0.2, 0.25) is 0 Å². The zero-order valence-corrected chi connectivity index (χ0v) is 17.4. The van der Waals surface area contributed by atoms with Crippen molar-refractivity contribution in [2.45, 2.75) is 46.5 Å². The molecular weight excluding hydrogens is 360 g/mol. The van der Waals surface area contributed by atoms with Crippen LogP contribution in [0, 0.1) is 0 Å². The largest absolute Gasteiger partial charge is 0.478 e. The lowest BCUT2D eigenvalue weighted by Gasteiger charge is -2.28. The number of nitrogens with two attached hydrogens (primary N) is 1. The minimum atomic E-state index is -0.933. The Morgan fingerprint density at radius 3 is 2.26 bits per heavy atom. The molecule has 0 aliphatic carbocycles. The third-order valence-corrected chi connectivity index (χ3v) is 4.51. The minimum absolute atomic E-state index is 0.277. The molecule has 0 aliphatic heterocycles. The minimum Gasteiger partial charge on any atom is -0.478 e. The van der Waals surface area contributed by atoms with Crippen LogP contribution in [0.15, 0.2) is 53.4 Å². The van der Waals surface area contributed by atoms with Crippen molar-refractivity contribution in [1.82, 2.24) is 4.90 Å². The fourth-order valence-corrected chi connectivity index (χ4v) is 2.89. The topological polar surface area (TPSA) is 75.8 Å². The van der Waals surface area contributed by atoms with E-state index < -0.39 is 5.97 Å². The number of rotatable bonds is 13. The Bertz CT molecular complexity index is 622. The second-order valence-corrected chi connectivity index (χ2v) is 6.98. The summed E-state index contributed by atoms with van der Waals surface area (Å²) in [5.41, 5.74) is 1.08. The number of allylic oxidation sites excluding steroid dienone is 1. The number of carboxylic acids is 1. The lowest BCUT2D eigenvalue weighted by molar-refractivity contribution is -0.132. The van der Waals surface area contributed by atoms with Gasteiger partial charge < -0.3 is 14.7 Å². The van der Waals surface area contributed by atoms with E-state index in [4.69, 9.17) is 9.88 Å². The average Bonchev–Trinajstić information content (AvgIpc) is 2.67. The molecule has 1 aromatic carbocycles. The zero-order chi connectivity index (χ0) is 20.1. The van der Waals surface area contributed by atoms with Crippen molar-refractivity contribution < 1.29 is 14.6 Å². The number of ether oxygens (including phenoxy) is 1. The molecule has 0 aromatic heterocycles. The molecule has 0 saturated heterocycles. The highest BCUT2D eigenvalue weighted by Crippen LogP contribution is 2.23. The van der Waals surface area contributed by atoms with Gasteiger partial charge in [0.1, 0.15) is 11.5 Å². The predicted molar refractivity (Wildman–Crippen MR) is 114 cm³/mol. The molecule has 3 N–H and O–H groups in total. The van der Waals surface area contributed by atoms with Crippen molar-refractivity contribution in [3.63, 3.8) is 0 Å². The first-order valence-corrected chi connectivity index (χ1v) is 10.5. The van der Waals surface area contributed by atoms with Crippen molar-refractivity contribution in [3.8, 4) is 5.75 Å². The van der Waals surface area contributed by atoms with Gasteiger partial charge in [0.2, 0.25) is 0 Å². The summed E-state index contributed by atoms with van der Waals surface area (Å²) >= 11 is 1.17. The van der Waals surface area contributed by atoms with Crippen LogP contribution in [-0.2, 0) is 4.79 Å². The summed E-state index contributed by atoms with van der Waals surface area (Å²) in [6.45, 7) is 7.61. The number of aliphatic carboxylic acids is 1. The average molecular weight is 393 g/mol. The number of hydrogen-bond acceptors (Lipinski definition) is 5. The Hall–Kier alpha value is -1.92. The smallest absolute Gasteiger partial charge is 0.331 e. The molecule has 0 bridgehead atoms. The highest BCUT2D eigenvalue weighted by atomic mass is 32.2. The first-order valence-electron chi connectivity index (χ1n) is 9.47. The van der Waals surface area contributed by atoms with Crippen molar-refractivity contribution in [1.29, 1.82) is 0 Å². The molecule has 0 heterocycles. The van der Waals surface area contributed by atoms with Crippen molar-refractivity contribution in [2.24, 2.45) is 5.14 Å². The van der Waals surface area contributed by atoms with Gasteiger partial charge in [0.15, 0.2) is 0 Å². The van der Waals surface area contributed by atoms with Crippen molar-refractivity contribution in [2.75, 3.05) is 18.8 Å². The summed E-state index contributed by atoms with van der Waals surface area (Å²) in [6.07, 6.45) is 5.90. The van der Waals surface area contributed by atoms with E-state index in [2.05, 4.69) is 18.7 Å². The fraction of sp³-hybridized carbons (Fsp3) is 0.476. The summed E-state index contributed by atoms with van der Waals surface area (Å²) in [5.74, 6) is 0.924. The van der Waals surface area contributed by atoms with E-state index in [1.807, 2.05) is 30.3 Å². The maximum absolute atomic E-state index is 11.4. The third-order valence-electron chi connectivity index (χ3n) is 4.08. The molecule has 1 aromatic rings. The molecule has 0 spiro atoms. The summed E-state index contributed by atoms with van der Waals surface area (Å²) in [4.78, 5) is 13.7. The lowest BCUT2D eigenvalue weighted by Crippen LogP contribution is -2.28. The van der Waals surface area contributed by atoms with Crippen molar-refractivity contribution >= 4 is 17.9 Å². The zero-order valence-electron chi connectivity index (χ0n) is 16.6. The molecule has 6 heteroatoms. The summed E-state index contributed by atoms with van der Waals surface area (Å²) < 4.78 is 6.14. The molecule has 0 aliphatic rings. The molecule has 5 nitrogen and oxygen atoms in total. The van der Waals surface area contributed by atoms with Crippen LogP contribution in [0.4, 0.5) is 0 Å². The van der Waals surface area contributed by atoms with E-state index in [0.29, 0.717) is 17.3 Å². The Morgan fingerprint density at radius 2 is 1.78 bits per heavy atom. The monoisotopic (exact) mass is 392 g/mol. The Morgan fingerprint density at radius 1 is 1.19 bits per heavy atom. The van der Waals surface area contributed by atoms with Gasteiger partial charge in [0, 0.05) is 18.7 Å². The number of para-hydroxylation sites is 1. The van der Waals surface area contributed by atoms with Gasteiger partial charge in [-0.05, 0) is 38.0 Å². The second kappa shape index (κ2) is 13.3. The van der Waals surface area contributed by atoms with Crippen LogP contribution in [0.3, 0.4) is 0 Å². The van der Waals surface area contributed by atoms with Gasteiger partial charge in [-0.3, -0.25) is 5.14 Å². The number of unbranched alkanes of at least 4 members (excludes halogenated alkanes) is 2. The fourth-order valence-electron chi connectivity index (χ4n) is 2.53. The van der Waals surface area contributed by atoms with E-state index in [1.54, 1.807) is 13.0 Å². The van der Waals surface area contributed by atoms with Crippen LogP contribution in [0.5, 0.6) is 5.75 Å². The molecule has 0 unspecified atom stereocenters. The number of hydrogen-bond donors (Lipinski definition) is 2. The molecule has 0 radical (unpaired) electrons. The molecule has 0 fully saturated rings. The Kier molecular flexibility index (Phi) is 11.4. The van der Waals surface area contributed by atoms with Crippen molar-refractivity contribution in [3.05, 3.63) is 53.4 Å². The standard InChI is InChI=1S/C21H32N2O3S/c1-4-6-13-23(14-7-5-2)19(15-17(3)21(24)25)20(16-27-22)26-18-11-9-8-10-12-18/h8-12,15H,4-7,13-14,16,22H2,1-3H3,(H,24,25)/b17-15+,20-19-. The lowest BCUT2D eigenvalue weighted by atomic mass is 10.1. The molecular formula is C21H32N2O3S. The molecule has 0 amide bonds. The van der Waals surface area contributed by atoms with E-state index >= 15 is 0 Å². The van der Waals surface area contributed by atoms with Gasteiger partial charge in [-0.1, -0.05) is 56.8 Å². The highest BCUT2D eigenvalue weighted by molar-refractivity contribution is 7.97. The normalized spacial score (nSPS) is 12.5. The van der Waals surface area contributed by atoms with Gasteiger partial charge in [-0.15, -0.1) is 0 Å². The molecule has 1 rings (SSSR count). The summed E-state index contributed by atoms with van der Waals surface area (Å²) in [7, 11) is 0. The number of benzene rings is 1. The molecule has 0 saturated carbocycles. The van der Waals surface area contributed by atoms with Gasteiger partial charge in [-0.25, -0.2) is 4.79 Å². The highest BCUT2D eigenvalue weighted by Gasteiger charge is 2.17. The van der Waals surface area contributed by atoms with Crippen LogP contribution in [0.1, 0.15) is 46.5 Å². The summed E-state index contributed by atoms with van der Waals surface area (Å²) in [5, 5.41) is 15.1. The van der Waals surface area contributed by atoms with E-state index in [-0.39, 0.29) is 5.57 Å². The van der Waals surface area contributed by atoms with Crippen LogP contribution in [0.25, 0.3) is 0 Å². The van der Waals surface area contributed by atoms with Gasteiger partial charge in [0.25, 0.3) is 0 Å². The predicted octanol–water partition coefficient (Wildman–Crippen LogP) is 4.82. The number of carbonyl (C=O) groups is 1. The molecule has 0 atom stereocenters. The van der Waals surface area contributed by atoms with E-state index in [1.165, 1.54) is 11.9 Å². The SMILES string of the molecule is CCCCN(CCCC)C(/C=C(\C)C(=O)O)=C(/CSN)Oc1ccccc1. The Balaban J connectivity index is 3.38. The first kappa shape index (κ1) is 23.1. The molecule has 150 valence electrons. The van der Waals surface area contributed by atoms with Gasteiger partial charge >= 0.3 is 5.97 Å². The van der Waals surface area contributed by atoms with Gasteiger partial charge in [0.05, 0.1) is 11.4 Å². The van der Waals surface area contributed by atoms with Crippen LogP contribution < -0.4 is 9.88 Å². The van der Waals surface area contributed by atoms with E-state index in [9.17, 15) is 9.90 Å². The maximum Gasteiger partial charge on any atom is 0.331 e. The third kappa shape index (κ3) is 8.54. The number of carboxylic acid groups (broad SMARTS) is 1. The van der Waals surface area contributed by atoms with Crippen LogP contribution >= 0.6 is 11.9 Å². The Labute approximate surface area is 167 Å². The number of nitrogens with zero attached hydrogens (tertiary/aromatic N) is 1. The first-order chi connectivity index (χ1) is 13.0. The quantitative estimate of drug-likeness (QED) is 0.217. The molecule has 27 heavy (non-hydrogen) atoms. The van der Waals surface area contributed by atoms with E-state index in [0.717, 1.165) is 44.5 Å². The van der Waals surface area contributed by atoms with Crippen LogP contribution in [-0.4, -0.2) is 34.8 Å². The summed E-state index contributed by atoms with van der Waals surface area (Å²) in [6, 6.07) is 9.51. The van der Waals surface area contributed by atoms with Gasteiger partial charge in [-0.2, -0.15) is 0 Å². The maximum atomic E-state index is 11.4. The second-order valence-electron chi connectivity index (χ2n) is 6.36.